The van der Waals surface area contributed by atoms with Gasteiger partial charge in [0.1, 0.15) is 0 Å². The number of nitrogens with one attached hydrogen (secondary N) is 1. The molecule has 0 unspecified atom stereocenters. The second kappa shape index (κ2) is 8.31. The number of nitrogens with zero attached hydrogens (tertiary/aromatic N) is 3. The molecule has 0 saturated carbocycles. The Hall–Kier alpha value is -1.85. The van der Waals surface area contributed by atoms with Crippen molar-refractivity contribution in [2.24, 2.45) is 10.7 Å². The topological polar surface area (TPSA) is 131 Å². The summed E-state index contributed by atoms with van der Waals surface area (Å²) in [5, 5.41) is 10.7. The van der Waals surface area contributed by atoms with Crippen molar-refractivity contribution in [3.8, 4) is 0 Å². The van der Waals surface area contributed by atoms with Gasteiger partial charge in [-0.15, -0.1) is 0 Å². The number of hydrogen-bond acceptors (Lipinski definition) is 6. The van der Waals surface area contributed by atoms with E-state index in [2.05, 4.69) is 9.71 Å². The van der Waals surface area contributed by atoms with Crippen LogP contribution in [0.1, 0.15) is 0 Å². The lowest BCUT2D eigenvalue weighted by Gasteiger charge is -2.27. The van der Waals surface area contributed by atoms with Crippen LogP contribution in [0.15, 0.2) is 34.2 Å². The van der Waals surface area contributed by atoms with Crippen LogP contribution in [0.4, 0.5) is 5.69 Å². The third-order valence-electron chi connectivity index (χ3n) is 3.35. The van der Waals surface area contributed by atoms with Gasteiger partial charge in [-0.05, 0) is 6.07 Å². The van der Waals surface area contributed by atoms with Gasteiger partial charge in [0.25, 0.3) is 5.69 Å². The molecule has 1 aromatic rings. The molecule has 3 N–H and O–H groups in total. The summed E-state index contributed by atoms with van der Waals surface area (Å²) in [6, 6.07) is 4.89. The molecular weight excluding hydrogens is 354 g/mol. The van der Waals surface area contributed by atoms with E-state index in [9.17, 15) is 18.5 Å². The number of thioether (sulfide) groups is 1. The molecule has 1 heterocycles. The van der Waals surface area contributed by atoms with E-state index in [1.807, 2.05) is 16.7 Å². The number of benzene rings is 1. The fourth-order valence-corrected chi connectivity index (χ4v) is 4.05. The highest BCUT2D eigenvalue weighted by atomic mass is 32.2. The highest BCUT2D eigenvalue weighted by Gasteiger charge is 2.17. The Kier molecular flexibility index (Phi) is 6.40. The number of nitro benzene ring substituents is 1. The summed E-state index contributed by atoms with van der Waals surface area (Å²) in [6.07, 6.45) is 0. The van der Waals surface area contributed by atoms with E-state index in [1.165, 1.54) is 18.2 Å². The molecule has 1 fully saturated rings. The van der Waals surface area contributed by atoms with Crippen LogP contribution in [-0.4, -0.2) is 61.9 Å². The molecule has 0 radical (unpaired) electrons. The Bertz CT molecular complexity index is 717. The van der Waals surface area contributed by atoms with E-state index < -0.39 is 14.9 Å². The largest absolute Gasteiger partial charge is 0.370 e. The predicted octanol–water partition coefficient (Wildman–Crippen LogP) is 0.237. The molecule has 2 rings (SSSR count). The second-order valence-electron chi connectivity index (χ2n) is 4.99. The first-order valence-corrected chi connectivity index (χ1v) is 9.91. The molecular formula is C13H19N5O4S2. The molecule has 0 aliphatic carbocycles. The van der Waals surface area contributed by atoms with Gasteiger partial charge in [-0.1, -0.05) is 6.07 Å². The Labute approximate surface area is 144 Å². The molecule has 1 aliphatic heterocycles. The summed E-state index contributed by atoms with van der Waals surface area (Å²) in [7, 11) is -3.82. The van der Waals surface area contributed by atoms with Crippen molar-refractivity contribution in [1.82, 2.24) is 9.62 Å². The maximum absolute atomic E-state index is 12.1. The summed E-state index contributed by atoms with van der Waals surface area (Å²) in [5.41, 5.74) is 5.60. The summed E-state index contributed by atoms with van der Waals surface area (Å²) in [5.74, 6) is 2.40. The highest BCUT2D eigenvalue weighted by Crippen LogP contribution is 2.16. The van der Waals surface area contributed by atoms with Crippen LogP contribution in [0.3, 0.4) is 0 Å². The fraction of sp³-hybridized carbons (Fsp3) is 0.462. The van der Waals surface area contributed by atoms with Crippen molar-refractivity contribution in [1.29, 1.82) is 0 Å². The molecule has 0 bridgehead atoms. The van der Waals surface area contributed by atoms with Crippen LogP contribution in [0.5, 0.6) is 0 Å². The molecule has 0 amide bonds. The number of nitro groups is 1. The van der Waals surface area contributed by atoms with E-state index in [1.54, 1.807) is 0 Å². The van der Waals surface area contributed by atoms with E-state index in [0.29, 0.717) is 5.96 Å². The molecule has 1 aliphatic rings. The molecule has 1 saturated heterocycles. The van der Waals surface area contributed by atoms with Gasteiger partial charge < -0.3 is 10.6 Å². The number of sulfonamides is 1. The van der Waals surface area contributed by atoms with Crippen LogP contribution >= 0.6 is 11.8 Å². The number of nitrogens with two attached hydrogens (primary N) is 1. The van der Waals surface area contributed by atoms with Gasteiger partial charge in [0, 0.05) is 43.3 Å². The Balaban J connectivity index is 1.90. The zero-order chi connectivity index (χ0) is 17.6. The average Bonchev–Trinajstić information content (AvgIpc) is 2.59. The molecule has 0 aromatic heterocycles. The highest BCUT2D eigenvalue weighted by molar-refractivity contribution is 7.99. The zero-order valence-electron chi connectivity index (χ0n) is 12.9. The lowest BCUT2D eigenvalue weighted by Crippen LogP contribution is -2.43. The van der Waals surface area contributed by atoms with Crippen LogP contribution in [0.2, 0.25) is 0 Å². The standard InChI is InChI=1S/C13H19N5O4S2/c14-13(17-6-8-23-9-7-17)15-4-5-16-24(21,22)12-3-1-2-11(10-12)18(19)20/h1-3,10,16H,4-9H2,(H2,14,15). The van der Waals surface area contributed by atoms with E-state index in [-0.39, 0.29) is 23.7 Å². The van der Waals surface area contributed by atoms with Gasteiger partial charge >= 0.3 is 0 Å². The van der Waals surface area contributed by atoms with Crippen LogP contribution in [0.25, 0.3) is 0 Å². The maximum atomic E-state index is 12.1. The Morgan fingerprint density at radius 3 is 2.79 bits per heavy atom. The normalized spacial score (nSPS) is 16.2. The molecule has 24 heavy (non-hydrogen) atoms. The predicted molar refractivity (Wildman–Crippen MR) is 93.7 cm³/mol. The van der Waals surface area contributed by atoms with Gasteiger partial charge in [-0.2, -0.15) is 11.8 Å². The van der Waals surface area contributed by atoms with Crippen molar-refractivity contribution in [3.05, 3.63) is 34.4 Å². The first-order valence-electron chi connectivity index (χ1n) is 7.27. The minimum atomic E-state index is -3.82. The average molecular weight is 373 g/mol. The fourth-order valence-electron chi connectivity index (χ4n) is 2.09. The second-order valence-corrected chi connectivity index (χ2v) is 7.98. The van der Waals surface area contributed by atoms with Gasteiger partial charge in [-0.3, -0.25) is 15.1 Å². The quantitative estimate of drug-likeness (QED) is 0.240. The van der Waals surface area contributed by atoms with Crippen molar-refractivity contribution < 1.29 is 13.3 Å². The van der Waals surface area contributed by atoms with E-state index in [0.717, 1.165) is 30.7 Å². The van der Waals surface area contributed by atoms with Gasteiger partial charge in [0.2, 0.25) is 10.0 Å². The Morgan fingerprint density at radius 2 is 2.12 bits per heavy atom. The van der Waals surface area contributed by atoms with Gasteiger partial charge in [-0.25, -0.2) is 13.1 Å². The number of non-ortho nitro benzene ring substituents is 1. The molecule has 0 atom stereocenters. The van der Waals surface area contributed by atoms with Crippen LogP contribution in [0, 0.1) is 10.1 Å². The molecule has 1 aromatic carbocycles. The molecule has 0 spiro atoms. The van der Waals surface area contributed by atoms with Crippen LogP contribution in [-0.2, 0) is 10.0 Å². The zero-order valence-corrected chi connectivity index (χ0v) is 14.6. The Morgan fingerprint density at radius 1 is 1.42 bits per heavy atom. The summed E-state index contributed by atoms with van der Waals surface area (Å²) >= 11 is 1.86. The summed E-state index contributed by atoms with van der Waals surface area (Å²) in [4.78, 5) is 16.1. The van der Waals surface area contributed by atoms with Crippen molar-refractivity contribution in [3.63, 3.8) is 0 Å². The number of guanidine groups is 1. The molecule has 132 valence electrons. The van der Waals surface area contributed by atoms with Crippen molar-refractivity contribution >= 4 is 33.4 Å². The summed E-state index contributed by atoms with van der Waals surface area (Å²) < 4.78 is 26.6. The van der Waals surface area contributed by atoms with Gasteiger partial charge in [0.05, 0.1) is 16.4 Å². The van der Waals surface area contributed by atoms with E-state index in [4.69, 9.17) is 5.73 Å². The number of hydrogen-bond donors (Lipinski definition) is 2. The summed E-state index contributed by atoms with van der Waals surface area (Å²) in [6.45, 7) is 1.93. The molecule has 11 heteroatoms. The van der Waals surface area contributed by atoms with Crippen LogP contribution < -0.4 is 10.5 Å². The number of aliphatic imine (C=N–C) groups is 1. The van der Waals surface area contributed by atoms with E-state index >= 15 is 0 Å². The third-order valence-corrected chi connectivity index (χ3v) is 5.75. The van der Waals surface area contributed by atoms with Gasteiger partial charge in [0.15, 0.2) is 5.96 Å². The lowest BCUT2D eigenvalue weighted by atomic mass is 10.3. The first kappa shape index (κ1) is 18.5. The monoisotopic (exact) mass is 373 g/mol. The minimum Gasteiger partial charge on any atom is -0.370 e. The minimum absolute atomic E-state index is 0.0638. The molecule has 9 nitrogen and oxygen atoms in total. The lowest BCUT2D eigenvalue weighted by molar-refractivity contribution is -0.385. The third kappa shape index (κ3) is 5.08. The first-order chi connectivity index (χ1) is 11.4. The maximum Gasteiger partial charge on any atom is 0.270 e. The van der Waals surface area contributed by atoms with Crippen molar-refractivity contribution in [2.45, 2.75) is 4.90 Å². The van der Waals surface area contributed by atoms with Crippen molar-refractivity contribution in [2.75, 3.05) is 37.7 Å². The number of rotatable bonds is 6. The SMILES string of the molecule is NC(=NCCNS(=O)(=O)c1cccc([N+](=O)[O-])c1)N1CCSCC1. The smallest absolute Gasteiger partial charge is 0.270 e.